The monoisotopic (exact) mass is 378 g/mol. The Morgan fingerprint density at radius 3 is 2.54 bits per heavy atom. The van der Waals surface area contributed by atoms with Crippen molar-refractivity contribution in [3.63, 3.8) is 0 Å². The number of carbonyl (C=O) groups excluding carboxylic acids is 2. The molecule has 0 aliphatic carbocycles. The molecule has 4 heteroatoms. The third-order valence-corrected chi connectivity index (χ3v) is 5.74. The molecule has 1 atom stereocenters. The summed E-state index contributed by atoms with van der Waals surface area (Å²) in [5, 5.41) is 0. The van der Waals surface area contributed by atoms with Crippen molar-refractivity contribution in [2.45, 2.75) is 45.6 Å². The SMILES string of the molecule is Cc1ccc(C(=O)CCC(=O)N2CCCC2c2cccc(N(C)C)c2)cc1C. The molecule has 2 aromatic carbocycles. The summed E-state index contributed by atoms with van der Waals surface area (Å²) in [5.41, 5.74) is 5.30. The first-order valence-corrected chi connectivity index (χ1v) is 10.0. The third-order valence-electron chi connectivity index (χ3n) is 5.74. The minimum absolute atomic E-state index is 0.0433. The molecule has 0 spiro atoms. The molecule has 0 bridgehead atoms. The van der Waals surface area contributed by atoms with E-state index in [0.29, 0.717) is 5.56 Å². The van der Waals surface area contributed by atoms with Crippen molar-refractivity contribution in [2.24, 2.45) is 0 Å². The lowest BCUT2D eigenvalue weighted by molar-refractivity contribution is -0.132. The fourth-order valence-electron chi connectivity index (χ4n) is 3.85. The Morgan fingerprint density at radius 1 is 1.04 bits per heavy atom. The first-order valence-electron chi connectivity index (χ1n) is 10.0. The maximum atomic E-state index is 12.9. The number of benzene rings is 2. The normalized spacial score (nSPS) is 16.3. The highest BCUT2D eigenvalue weighted by Gasteiger charge is 2.30. The number of anilines is 1. The number of ketones is 1. The van der Waals surface area contributed by atoms with E-state index in [4.69, 9.17) is 0 Å². The molecule has 2 aromatic rings. The van der Waals surface area contributed by atoms with Crippen molar-refractivity contribution in [1.82, 2.24) is 4.90 Å². The Kier molecular flexibility index (Phi) is 6.18. The van der Waals surface area contributed by atoms with Crippen LogP contribution in [-0.2, 0) is 4.79 Å². The van der Waals surface area contributed by atoms with E-state index in [9.17, 15) is 9.59 Å². The lowest BCUT2D eigenvalue weighted by Gasteiger charge is -2.26. The topological polar surface area (TPSA) is 40.6 Å². The molecule has 1 fully saturated rings. The zero-order valence-electron chi connectivity index (χ0n) is 17.4. The lowest BCUT2D eigenvalue weighted by Crippen LogP contribution is -2.30. The number of aryl methyl sites for hydroxylation is 2. The summed E-state index contributed by atoms with van der Waals surface area (Å²) < 4.78 is 0. The number of amides is 1. The standard InChI is InChI=1S/C24H30N2O2/c1-17-10-11-20(15-18(17)2)23(27)12-13-24(28)26-14-6-9-22(26)19-7-5-8-21(16-19)25(3)4/h5,7-8,10-11,15-16,22H,6,9,12-14H2,1-4H3. The molecular weight excluding hydrogens is 348 g/mol. The average Bonchev–Trinajstić information content (AvgIpc) is 3.18. The maximum absolute atomic E-state index is 12.9. The van der Waals surface area contributed by atoms with Crippen LogP contribution in [0.5, 0.6) is 0 Å². The van der Waals surface area contributed by atoms with Crippen LogP contribution in [0.1, 0.15) is 58.8 Å². The summed E-state index contributed by atoms with van der Waals surface area (Å²) in [4.78, 5) is 29.4. The first kappa shape index (κ1) is 20.1. The number of nitrogens with zero attached hydrogens (tertiary/aromatic N) is 2. The van der Waals surface area contributed by atoms with Crippen LogP contribution < -0.4 is 4.90 Å². The molecule has 28 heavy (non-hydrogen) atoms. The Bertz CT molecular complexity index is 873. The van der Waals surface area contributed by atoms with Crippen molar-refractivity contribution in [3.05, 3.63) is 64.7 Å². The van der Waals surface area contributed by atoms with E-state index >= 15 is 0 Å². The van der Waals surface area contributed by atoms with Crippen LogP contribution in [0.3, 0.4) is 0 Å². The lowest BCUT2D eigenvalue weighted by atomic mass is 10.0. The van der Waals surface area contributed by atoms with Crippen LogP contribution in [0.25, 0.3) is 0 Å². The zero-order chi connectivity index (χ0) is 20.3. The highest BCUT2D eigenvalue weighted by Crippen LogP contribution is 2.34. The first-order chi connectivity index (χ1) is 13.4. The van der Waals surface area contributed by atoms with Crippen molar-refractivity contribution >= 4 is 17.4 Å². The fourth-order valence-corrected chi connectivity index (χ4v) is 3.85. The number of carbonyl (C=O) groups is 2. The number of hydrogen-bond acceptors (Lipinski definition) is 3. The summed E-state index contributed by atoms with van der Waals surface area (Å²) in [7, 11) is 4.05. The van der Waals surface area contributed by atoms with Gasteiger partial charge in [0.25, 0.3) is 0 Å². The second kappa shape index (κ2) is 8.59. The highest BCUT2D eigenvalue weighted by molar-refractivity contribution is 5.98. The van der Waals surface area contributed by atoms with Crippen LogP contribution >= 0.6 is 0 Å². The van der Waals surface area contributed by atoms with E-state index in [1.165, 1.54) is 11.1 Å². The van der Waals surface area contributed by atoms with Gasteiger partial charge in [-0.25, -0.2) is 0 Å². The van der Waals surface area contributed by atoms with Gasteiger partial charge in [-0.15, -0.1) is 0 Å². The predicted octanol–water partition coefficient (Wildman–Crippen LogP) is 4.70. The molecule has 1 heterocycles. The van der Waals surface area contributed by atoms with E-state index in [2.05, 4.69) is 29.2 Å². The van der Waals surface area contributed by atoms with Crippen LogP contribution in [-0.4, -0.2) is 37.2 Å². The van der Waals surface area contributed by atoms with Gasteiger partial charge in [-0.3, -0.25) is 9.59 Å². The minimum Gasteiger partial charge on any atom is -0.378 e. The molecule has 1 aliphatic rings. The largest absolute Gasteiger partial charge is 0.378 e. The van der Waals surface area contributed by atoms with Gasteiger partial charge in [0.1, 0.15) is 0 Å². The van der Waals surface area contributed by atoms with Gasteiger partial charge in [0.05, 0.1) is 6.04 Å². The average molecular weight is 379 g/mol. The van der Waals surface area contributed by atoms with Gasteiger partial charge in [-0.1, -0.05) is 24.3 Å². The van der Waals surface area contributed by atoms with E-state index in [-0.39, 0.29) is 30.6 Å². The van der Waals surface area contributed by atoms with Crippen molar-refractivity contribution < 1.29 is 9.59 Å². The van der Waals surface area contributed by atoms with Gasteiger partial charge >= 0.3 is 0 Å². The fraction of sp³-hybridized carbons (Fsp3) is 0.417. The maximum Gasteiger partial charge on any atom is 0.223 e. The second-order valence-corrected chi connectivity index (χ2v) is 7.96. The Morgan fingerprint density at radius 2 is 1.82 bits per heavy atom. The van der Waals surface area contributed by atoms with Crippen molar-refractivity contribution in [2.75, 3.05) is 25.5 Å². The minimum atomic E-state index is 0.0433. The van der Waals surface area contributed by atoms with E-state index in [1.54, 1.807) is 0 Å². The molecule has 0 radical (unpaired) electrons. The second-order valence-electron chi connectivity index (χ2n) is 7.96. The Balaban J connectivity index is 1.65. The van der Waals surface area contributed by atoms with Gasteiger partial charge < -0.3 is 9.80 Å². The Hall–Kier alpha value is -2.62. The number of rotatable bonds is 6. The molecule has 0 N–H and O–H groups in total. The number of likely N-dealkylation sites (tertiary alicyclic amines) is 1. The summed E-state index contributed by atoms with van der Waals surface area (Å²) in [6, 6.07) is 14.3. The van der Waals surface area contributed by atoms with Crippen LogP contribution in [0.15, 0.2) is 42.5 Å². The van der Waals surface area contributed by atoms with Gasteiger partial charge in [-0.05, 0) is 61.6 Å². The van der Waals surface area contributed by atoms with Crippen LogP contribution in [0.2, 0.25) is 0 Å². The molecular formula is C24H30N2O2. The van der Waals surface area contributed by atoms with Crippen molar-refractivity contribution in [1.29, 1.82) is 0 Å². The number of Topliss-reactive ketones (excluding diaryl/α,β-unsaturated/α-hetero) is 1. The van der Waals surface area contributed by atoms with Crippen LogP contribution in [0.4, 0.5) is 5.69 Å². The molecule has 4 nitrogen and oxygen atoms in total. The molecule has 1 saturated heterocycles. The van der Waals surface area contributed by atoms with E-state index in [0.717, 1.165) is 30.6 Å². The smallest absolute Gasteiger partial charge is 0.223 e. The van der Waals surface area contributed by atoms with Gasteiger partial charge in [0, 0.05) is 44.7 Å². The summed E-state index contributed by atoms with van der Waals surface area (Å²) in [6.07, 6.45) is 2.53. The van der Waals surface area contributed by atoms with Crippen molar-refractivity contribution in [3.8, 4) is 0 Å². The predicted molar refractivity (Wildman–Crippen MR) is 114 cm³/mol. The quantitative estimate of drug-likeness (QED) is 0.684. The van der Waals surface area contributed by atoms with Gasteiger partial charge in [-0.2, -0.15) is 0 Å². The van der Waals surface area contributed by atoms with E-state index < -0.39 is 0 Å². The molecule has 0 aromatic heterocycles. The van der Waals surface area contributed by atoms with E-state index in [1.807, 2.05) is 51.0 Å². The summed E-state index contributed by atoms with van der Waals surface area (Å²) in [5.74, 6) is 0.122. The molecule has 1 amide bonds. The number of hydrogen-bond donors (Lipinski definition) is 0. The zero-order valence-corrected chi connectivity index (χ0v) is 17.4. The molecule has 1 unspecified atom stereocenters. The van der Waals surface area contributed by atoms with Gasteiger partial charge in [0.2, 0.25) is 5.91 Å². The summed E-state index contributed by atoms with van der Waals surface area (Å²) >= 11 is 0. The van der Waals surface area contributed by atoms with Crippen LogP contribution in [0, 0.1) is 13.8 Å². The molecule has 1 aliphatic heterocycles. The highest BCUT2D eigenvalue weighted by atomic mass is 16.2. The third kappa shape index (κ3) is 4.44. The Labute approximate surface area is 168 Å². The van der Waals surface area contributed by atoms with Gasteiger partial charge in [0.15, 0.2) is 5.78 Å². The molecule has 148 valence electrons. The molecule has 3 rings (SSSR count). The summed E-state index contributed by atoms with van der Waals surface area (Å²) in [6.45, 7) is 4.81. The molecule has 0 saturated carbocycles.